The van der Waals surface area contributed by atoms with E-state index in [2.05, 4.69) is 17.0 Å². The van der Waals surface area contributed by atoms with Gasteiger partial charge in [0.1, 0.15) is 5.75 Å². The van der Waals surface area contributed by atoms with E-state index >= 15 is 0 Å². The predicted octanol–water partition coefficient (Wildman–Crippen LogP) is 1.43. The second kappa shape index (κ2) is 7.32. The van der Waals surface area contributed by atoms with Gasteiger partial charge in [-0.15, -0.1) is 0 Å². The molecule has 2 aliphatic rings. The standard InChI is InChI=1S/C18H27N3O2/c1-23-15-7-5-14(6-8-15)16-11-20(12-17(16)19)13-18(22)21-9-3-2-4-10-21/h5-8,16-17H,2-4,9-13,19H2,1H3/t16-,17+/m1/s1. The van der Waals surface area contributed by atoms with E-state index in [9.17, 15) is 4.79 Å². The van der Waals surface area contributed by atoms with Crippen LogP contribution in [-0.4, -0.2) is 61.6 Å². The first-order valence-electron chi connectivity index (χ1n) is 8.57. The van der Waals surface area contributed by atoms with Crippen molar-refractivity contribution in [1.82, 2.24) is 9.80 Å². The van der Waals surface area contributed by atoms with Crippen LogP contribution < -0.4 is 10.5 Å². The van der Waals surface area contributed by atoms with Crippen LogP contribution in [0.1, 0.15) is 30.7 Å². The lowest BCUT2D eigenvalue weighted by molar-refractivity contribution is -0.133. The summed E-state index contributed by atoms with van der Waals surface area (Å²) in [4.78, 5) is 16.6. The molecule has 2 fully saturated rings. The van der Waals surface area contributed by atoms with Gasteiger partial charge in [-0.3, -0.25) is 9.69 Å². The highest BCUT2D eigenvalue weighted by molar-refractivity contribution is 5.78. The number of benzene rings is 1. The zero-order valence-electron chi connectivity index (χ0n) is 13.9. The number of hydrogen-bond donors (Lipinski definition) is 1. The third-order valence-corrected chi connectivity index (χ3v) is 5.05. The van der Waals surface area contributed by atoms with E-state index in [0.29, 0.717) is 6.54 Å². The number of carbonyl (C=O) groups is 1. The number of piperidine rings is 1. The number of amides is 1. The highest BCUT2D eigenvalue weighted by Gasteiger charge is 2.33. The average Bonchev–Trinajstić information content (AvgIpc) is 2.96. The lowest BCUT2D eigenvalue weighted by Crippen LogP contribution is -2.42. The number of carbonyl (C=O) groups excluding carboxylic acids is 1. The molecule has 0 unspecified atom stereocenters. The topological polar surface area (TPSA) is 58.8 Å². The number of rotatable bonds is 4. The molecule has 0 saturated carbocycles. The summed E-state index contributed by atoms with van der Waals surface area (Å²) in [7, 11) is 1.67. The molecule has 1 amide bonds. The van der Waals surface area contributed by atoms with Gasteiger partial charge in [0, 0.05) is 38.1 Å². The Bertz CT molecular complexity index is 526. The van der Waals surface area contributed by atoms with Gasteiger partial charge < -0.3 is 15.4 Å². The van der Waals surface area contributed by atoms with Crippen molar-refractivity contribution in [3.8, 4) is 5.75 Å². The predicted molar refractivity (Wildman–Crippen MR) is 90.6 cm³/mol. The molecule has 2 N–H and O–H groups in total. The maximum atomic E-state index is 12.4. The normalized spacial score (nSPS) is 25.6. The molecule has 0 radical (unpaired) electrons. The molecule has 2 heterocycles. The van der Waals surface area contributed by atoms with Crippen molar-refractivity contribution in [2.45, 2.75) is 31.2 Å². The Balaban J connectivity index is 1.58. The van der Waals surface area contributed by atoms with Crippen molar-refractivity contribution in [2.24, 2.45) is 5.73 Å². The number of nitrogens with zero attached hydrogens (tertiary/aromatic N) is 2. The Labute approximate surface area is 138 Å². The van der Waals surface area contributed by atoms with E-state index in [4.69, 9.17) is 10.5 Å². The van der Waals surface area contributed by atoms with Crippen LogP contribution in [-0.2, 0) is 4.79 Å². The van der Waals surface area contributed by atoms with Gasteiger partial charge in [0.15, 0.2) is 0 Å². The Kier molecular flexibility index (Phi) is 5.18. The van der Waals surface area contributed by atoms with E-state index in [0.717, 1.165) is 44.8 Å². The Morgan fingerprint density at radius 3 is 2.52 bits per heavy atom. The molecular weight excluding hydrogens is 290 g/mol. The summed E-state index contributed by atoms with van der Waals surface area (Å²) in [6, 6.07) is 8.20. The van der Waals surface area contributed by atoms with Gasteiger partial charge in [-0.05, 0) is 37.0 Å². The number of ether oxygens (including phenoxy) is 1. The second-order valence-corrected chi connectivity index (χ2v) is 6.68. The lowest BCUT2D eigenvalue weighted by Gasteiger charge is -2.28. The fourth-order valence-corrected chi connectivity index (χ4v) is 3.68. The molecule has 0 aromatic heterocycles. The molecule has 126 valence electrons. The summed E-state index contributed by atoms with van der Waals surface area (Å²) in [6.07, 6.45) is 3.53. The molecule has 2 saturated heterocycles. The lowest BCUT2D eigenvalue weighted by atomic mass is 9.95. The maximum Gasteiger partial charge on any atom is 0.236 e. The van der Waals surface area contributed by atoms with Crippen LogP contribution >= 0.6 is 0 Å². The van der Waals surface area contributed by atoms with Crippen LogP contribution in [0.15, 0.2) is 24.3 Å². The van der Waals surface area contributed by atoms with Gasteiger partial charge in [0.2, 0.25) is 5.91 Å². The number of likely N-dealkylation sites (tertiary alicyclic amines) is 2. The highest BCUT2D eigenvalue weighted by atomic mass is 16.5. The van der Waals surface area contributed by atoms with Gasteiger partial charge in [0.05, 0.1) is 13.7 Å². The molecule has 3 rings (SSSR count). The fraction of sp³-hybridized carbons (Fsp3) is 0.611. The summed E-state index contributed by atoms with van der Waals surface area (Å²) in [5.74, 6) is 1.40. The Morgan fingerprint density at radius 2 is 1.87 bits per heavy atom. The zero-order chi connectivity index (χ0) is 16.2. The molecular formula is C18H27N3O2. The molecule has 0 bridgehead atoms. The smallest absolute Gasteiger partial charge is 0.236 e. The number of methoxy groups -OCH3 is 1. The van der Waals surface area contributed by atoms with Gasteiger partial charge >= 0.3 is 0 Å². The minimum absolute atomic E-state index is 0.0811. The average molecular weight is 317 g/mol. The monoisotopic (exact) mass is 317 g/mol. The third kappa shape index (κ3) is 3.85. The quantitative estimate of drug-likeness (QED) is 0.913. The summed E-state index contributed by atoms with van der Waals surface area (Å²) in [5, 5.41) is 0. The summed E-state index contributed by atoms with van der Waals surface area (Å²) in [5.41, 5.74) is 7.56. The molecule has 0 spiro atoms. The van der Waals surface area contributed by atoms with Crippen molar-refractivity contribution >= 4 is 5.91 Å². The van der Waals surface area contributed by atoms with E-state index < -0.39 is 0 Å². The van der Waals surface area contributed by atoms with Gasteiger partial charge in [0.25, 0.3) is 0 Å². The molecule has 1 aromatic carbocycles. The second-order valence-electron chi connectivity index (χ2n) is 6.68. The van der Waals surface area contributed by atoms with Crippen LogP contribution in [0.25, 0.3) is 0 Å². The van der Waals surface area contributed by atoms with Crippen molar-refractivity contribution in [2.75, 3.05) is 39.8 Å². The van der Waals surface area contributed by atoms with E-state index in [1.165, 1.54) is 12.0 Å². The highest BCUT2D eigenvalue weighted by Crippen LogP contribution is 2.28. The fourth-order valence-electron chi connectivity index (χ4n) is 3.68. The van der Waals surface area contributed by atoms with E-state index in [1.807, 2.05) is 17.0 Å². The van der Waals surface area contributed by atoms with Crippen LogP contribution in [0.3, 0.4) is 0 Å². The van der Waals surface area contributed by atoms with Gasteiger partial charge in [-0.25, -0.2) is 0 Å². The molecule has 0 aliphatic carbocycles. The molecule has 2 aliphatic heterocycles. The Hall–Kier alpha value is -1.59. The summed E-state index contributed by atoms with van der Waals surface area (Å²) >= 11 is 0. The SMILES string of the molecule is COc1ccc([C@H]2CN(CC(=O)N3CCCCC3)C[C@@H]2N)cc1. The first-order valence-corrected chi connectivity index (χ1v) is 8.57. The van der Waals surface area contributed by atoms with E-state index in [1.54, 1.807) is 7.11 Å². The van der Waals surface area contributed by atoms with Crippen LogP contribution in [0.2, 0.25) is 0 Å². The number of hydrogen-bond acceptors (Lipinski definition) is 4. The van der Waals surface area contributed by atoms with Crippen molar-refractivity contribution in [3.05, 3.63) is 29.8 Å². The van der Waals surface area contributed by atoms with Crippen molar-refractivity contribution < 1.29 is 9.53 Å². The molecule has 23 heavy (non-hydrogen) atoms. The van der Waals surface area contributed by atoms with Crippen molar-refractivity contribution in [3.63, 3.8) is 0 Å². The summed E-state index contributed by atoms with van der Waals surface area (Å²) < 4.78 is 5.21. The molecule has 5 nitrogen and oxygen atoms in total. The first-order chi connectivity index (χ1) is 11.2. The van der Waals surface area contributed by atoms with Gasteiger partial charge in [-0.1, -0.05) is 12.1 Å². The molecule has 2 atom stereocenters. The molecule has 5 heteroatoms. The summed E-state index contributed by atoms with van der Waals surface area (Å²) in [6.45, 7) is 3.98. The van der Waals surface area contributed by atoms with Crippen molar-refractivity contribution in [1.29, 1.82) is 0 Å². The largest absolute Gasteiger partial charge is 0.497 e. The zero-order valence-corrected chi connectivity index (χ0v) is 13.9. The first kappa shape index (κ1) is 16.3. The minimum atomic E-state index is 0.0811. The molecule has 1 aromatic rings. The third-order valence-electron chi connectivity index (χ3n) is 5.05. The van der Waals surface area contributed by atoms with Crippen LogP contribution in [0.5, 0.6) is 5.75 Å². The minimum Gasteiger partial charge on any atom is -0.497 e. The van der Waals surface area contributed by atoms with Crippen LogP contribution in [0, 0.1) is 0 Å². The van der Waals surface area contributed by atoms with Crippen LogP contribution in [0.4, 0.5) is 0 Å². The number of nitrogens with two attached hydrogens (primary N) is 1. The Morgan fingerprint density at radius 1 is 1.17 bits per heavy atom. The van der Waals surface area contributed by atoms with Gasteiger partial charge in [-0.2, -0.15) is 0 Å². The van der Waals surface area contributed by atoms with E-state index in [-0.39, 0.29) is 17.9 Å². The maximum absolute atomic E-state index is 12.4.